The minimum atomic E-state index is -1.37. The van der Waals surface area contributed by atoms with Crippen molar-refractivity contribution in [2.75, 3.05) is 0 Å². The molecule has 20 heavy (non-hydrogen) atoms. The van der Waals surface area contributed by atoms with Crippen molar-refractivity contribution in [2.45, 2.75) is 26.4 Å². The molecule has 0 aromatic rings. The lowest BCUT2D eigenvalue weighted by atomic mass is 9.94. The van der Waals surface area contributed by atoms with Crippen LogP contribution in [0.5, 0.6) is 0 Å². The van der Waals surface area contributed by atoms with Crippen molar-refractivity contribution in [3.8, 4) is 24.3 Å². The van der Waals surface area contributed by atoms with Crippen LogP contribution in [0.1, 0.15) is 20.8 Å². The third kappa shape index (κ3) is 2.24. The summed E-state index contributed by atoms with van der Waals surface area (Å²) in [5, 5.41) is 43.8. The molecule has 6 nitrogen and oxygen atoms in total. The smallest absolute Gasteiger partial charge is 0.175 e. The van der Waals surface area contributed by atoms with Gasteiger partial charge in [-0.1, -0.05) is 0 Å². The van der Waals surface area contributed by atoms with Crippen molar-refractivity contribution < 1.29 is 4.74 Å². The minimum Gasteiger partial charge on any atom is -0.481 e. The molecule has 6 heteroatoms. The minimum absolute atomic E-state index is 0.0296. The van der Waals surface area contributed by atoms with E-state index in [2.05, 4.69) is 0 Å². The topological polar surface area (TPSA) is 128 Å². The number of nitrogens with one attached hydrogen (secondary N) is 1. The van der Waals surface area contributed by atoms with Crippen LogP contribution in [0, 0.1) is 56.7 Å². The number of ether oxygens (including phenoxy) is 1. The molecule has 0 bridgehead atoms. The summed E-state index contributed by atoms with van der Waals surface area (Å²) >= 11 is 0. The monoisotopic (exact) mass is 265 g/mol. The Morgan fingerprint density at radius 1 is 1.20 bits per heavy atom. The molecule has 0 atom stereocenters. The highest BCUT2D eigenvalue weighted by molar-refractivity contribution is 6.06. The lowest BCUT2D eigenvalue weighted by molar-refractivity contribution is 0.0929. The third-order valence-electron chi connectivity index (χ3n) is 3.13. The maximum atomic E-state index is 9.19. The van der Waals surface area contributed by atoms with Crippen molar-refractivity contribution in [2.24, 2.45) is 5.92 Å². The number of rotatable bonds is 2. The molecule has 0 saturated carbocycles. The van der Waals surface area contributed by atoms with Crippen LogP contribution in [0.25, 0.3) is 0 Å². The number of nitriles is 4. The van der Waals surface area contributed by atoms with Gasteiger partial charge in [0.05, 0.1) is 23.4 Å². The first-order chi connectivity index (χ1) is 9.33. The molecule has 0 fully saturated rings. The molecule has 1 N–H and O–H groups in total. The molecule has 1 aliphatic rings. The van der Waals surface area contributed by atoms with Gasteiger partial charge in [0.15, 0.2) is 11.7 Å². The van der Waals surface area contributed by atoms with Crippen molar-refractivity contribution in [1.29, 1.82) is 26.5 Å². The Morgan fingerprint density at radius 3 is 2.15 bits per heavy atom. The zero-order valence-corrected chi connectivity index (χ0v) is 11.3. The lowest BCUT2D eigenvalue weighted by Gasteiger charge is -2.20. The van der Waals surface area contributed by atoms with Gasteiger partial charge in [-0.25, -0.2) is 0 Å². The summed E-state index contributed by atoms with van der Waals surface area (Å²) in [5.74, 6) is -1.40. The predicted molar refractivity (Wildman–Crippen MR) is 68.6 cm³/mol. The maximum absolute atomic E-state index is 9.19. The summed E-state index contributed by atoms with van der Waals surface area (Å²) in [6, 6.07) is 6.96. The van der Waals surface area contributed by atoms with Crippen molar-refractivity contribution in [1.82, 2.24) is 0 Å². The van der Waals surface area contributed by atoms with Crippen LogP contribution < -0.4 is 0 Å². The first kappa shape index (κ1) is 15.0. The van der Waals surface area contributed by atoms with Crippen LogP contribution in [0.15, 0.2) is 22.5 Å². The zero-order chi connectivity index (χ0) is 15.5. The molecule has 0 aromatic carbocycles. The van der Waals surface area contributed by atoms with Crippen molar-refractivity contribution >= 4 is 5.71 Å². The molecule has 0 amide bonds. The van der Waals surface area contributed by atoms with Crippen LogP contribution in [0.4, 0.5) is 0 Å². The predicted octanol–water partition coefficient (Wildman–Crippen LogP) is 2.10. The first-order valence-corrected chi connectivity index (χ1v) is 5.67. The highest BCUT2D eigenvalue weighted by Crippen LogP contribution is 2.39. The second kappa shape index (κ2) is 5.27. The van der Waals surface area contributed by atoms with Gasteiger partial charge in [-0.2, -0.15) is 21.0 Å². The third-order valence-corrected chi connectivity index (χ3v) is 3.13. The normalized spacial score (nSPS) is 18.4. The highest BCUT2D eigenvalue weighted by Gasteiger charge is 2.38. The van der Waals surface area contributed by atoms with Gasteiger partial charge in [-0.05, 0) is 26.3 Å². The summed E-state index contributed by atoms with van der Waals surface area (Å²) < 4.78 is 5.58. The summed E-state index contributed by atoms with van der Waals surface area (Å²) in [6.45, 7) is 5.17. The van der Waals surface area contributed by atoms with Gasteiger partial charge in [0.25, 0.3) is 0 Å². The number of hydrogen-bond acceptors (Lipinski definition) is 6. The summed E-state index contributed by atoms with van der Waals surface area (Å²) in [5.41, 5.74) is -0.658. The Labute approximate surface area is 116 Å². The molecule has 0 saturated heterocycles. The van der Waals surface area contributed by atoms with Gasteiger partial charge < -0.3 is 10.1 Å². The molecule has 98 valence electrons. The fourth-order valence-corrected chi connectivity index (χ4v) is 1.70. The van der Waals surface area contributed by atoms with Crippen molar-refractivity contribution in [3.05, 3.63) is 22.5 Å². The molecule has 0 radical (unpaired) electrons. The fraction of sp³-hybridized carbons (Fsp3) is 0.357. The standard InChI is InChI=1S/C14H11N5O/c1-8-10(6-17)13(20-14(8,2)3)11(7-18)12(19)9(4-15)5-16/h9,19H,1-3H3. The van der Waals surface area contributed by atoms with Crippen LogP contribution in [-0.2, 0) is 4.74 Å². The number of nitrogens with zero attached hydrogens (tertiary/aromatic N) is 4. The second-order valence-corrected chi connectivity index (χ2v) is 4.64. The Balaban J connectivity index is 3.51. The van der Waals surface area contributed by atoms with Gasteiger partial charge in [0, 0.05) is 0 Å². The molecule has 1 rings (SSSR count). The van der Waals surface area contributed by atoms with Crippen LogP contribution in [0.2, 0.25) is 0 Å². The summed E-state index contributed by atoms with van der Waals surface area (Å²) in [6.07, 6.45) is 0. The zero-order valence-electron chi connectivity index (χ0n) is 11.3. The molecule has 1 heterocycles. The van der Waals surface area contributed by atoms with E-state index in [-0.39, 0.29) is 16.9 Å². The SMILES string of the molecule is CC1=C(C#N)C(=C(C#N)C(=N)C(C#N)C#N)OC1(C)C. The largest absolute Gasteiger partial charge is 0.481 e. The van der Waals surface area contributed by atoms with Gasteiger partial charge in [-0.3, -0.25) is 0 Å². The van der Waals surface area contributed by atoms with Gasteiger partial charge in [0.1, 0.15) is 23.3 Å². The molecule has 1 aliphatic heterocycles. The van der Waals surface area contributed by atoms with E-state index >= 15 is 0 Å². The van der Waals surface area contributed by atoms with Crippen LogP contribution >= 0.6 is 0 Å². The quantitative estimate of drug-likeness (QED) is 0.603. The fourth-order valence-electron chi connectivity index (χ4n) is 1.70. The van der Waals surface area contributed by atoms with Gasteiger partial charge in [-0.15, -0.1) is 0 Å². The van der Waals surface area contributed by atoms with E-state index in [1.807, 2.05) is 6.07 Å². The average Bonchev–Trinajstić information content (AvgIpc) is 2.62. The number of hydrogen-bond donors (Lipinski definition) is 1. The molecule has 0 unspecified atom stereocenters. The first-order valence-electron chi connectivity index (χ1n) is 5.67. The molecular formula is C14H11N5O. The van der Waals surface area contributed by atoms with E-state index in [0.29, 0.717) is 5.57 Å². The van der Waals surface area contributed by atoms with E-state index in [0.717, 1.165) is 0 Å². The summed E-state index contributed by atoms with van der Waals surface area (Å²) in [4.78, 5) is 0. The Kier molecular flexibility index (Phi) is 3.94. The van der Waals surface area contributed by atoms with E-state index in [4.69, 9.17) is 20.7 Å². The maximum Gasteiger partial charge on any atom is 0.175 e. The van der Waals surface area contributed by atoms with Crippen molar-refractivity contribution in [3.63, 3.8) is 0 Å². The highest BCUT2D eigenvalue weighted by atomic mass is 16.5. The van der Waals surface area contributed by atoms with Crippen LogP contribution in [-0.4, -0.2) is 11.3 Å². The number of allylic oxidation sites excluding steroid dienone is 2. The lowest BCUT2D eigenvalue weighted by Crippen LogP contribution is -2.21. The average molecular weight is 265 g/mol. The second-order valence-electron chi connectivity index (χ2n) is 4.64. The Hall–Kier alpha value is -3.09. The van der Waals surface area contributed by atoms with E-state index in [1.165, 1.54) is 0 Å². The van der Waals surface area contributed by atoms with E-state index in [9.17, 15) is 10.5 Å². The molecule has 0 aliphatic carbocycles. The molecule has 0 aromatic heterocycles. The van der Waals surface area contributed by atoms with Gasteiger partial charge in [0.2, 0.25) is 0 Å². The Morgan fingerprint density at radius 2 is 1.75 bits per heavy atom. The molecular weight excluding hydrogens is 254 g/mol. The van der Waals surface area contributed by atoms with E-state index in [1.54, 1.807) is 39.0 Å². The summed E-state index contributed by atoms with van der Waals surface area (Å²) in [7, 11) is 0. The van der Waals surface area contributed by atoms with Gasteiger partial charge >= 0.3 is 0 Å². The molecule has 0 spiro atoms. The Bertz CT molecular complexity index is 684. The van der Waals surface area contributed by atoms with Crippen LogP contribution in [0.3, 0.4) is 0 Å². The van der Waals surface area contributed by atoms with E-state index < -0.39 is 17.2 Å².